The van der Waals surface area contributed by atoms with E-state index in [-0.39, 0.29) is 4.65 Å². The highest BCUT2D eigenvalue weighted by Gasteiger charge is 2.33. The number of nitrogens with zero attached hydrogens (tertiary/aromatic N) is 1. The van der Waals surface area contributed by atoms with Crippen molar-refractivity contribution >= 4 is 11.4 Å². The molecule has 0 fully saturated rings. The molecule has 4 rings (SSSR count). The summed E-state index contributed by atoms with van der Waals surface area (Å²) in [6.07, 6.45) is 0.834. The van der Waals surface area contributed by atoms with Crippen LogP contribution in [0.1, 0.15) is 16.7 Å². The maximum atomic E-state index is 13.8. The van der Waals surface area contributed by atoms with Crippen molar-refractivity contribution in [3.05, 3.63) is 88.6 Å². The number of hydroxylamine groups is 1. The Labute approximate surface area is 143 Å². The number of quaternary nitrogens is 1. The Morgan fingerprint density at radius 3 is 2.21 bits per heavy atom. The summed E-state index contributed by atoms with van der Waals surface area (Å²) in [5.41, 5.74) is 7.46. The van der Waals surface area contributed by atoms with Crippen molar-refractivity contribution in [2.75, 3.05) is 6.54 Å². The second-order valence-electron chi connectivity index (χ2n) is 6.77. The van der Waals surface area contributed by atoms with Crippen LogP contribution in [0.4, 0.5) is 11.4 Å². The molecule has 2 heteroatoms. The molecule has 0 radical (unpaired) electrons. The van der Waals surface area contributed by atoms with Gasteiger partial charge in [-0.3, -0.25) is 4.65 Å². The molecular weight excluding hydrogens is 294 g/mol. The minimum atomic E-state index is -0.349. The van der Waals surface area contributed by atoms with E-state index in [0.29, 0.717) is 6.54 Å². The Morgan fingerprint density at radius 1 is 0.792 bits per heavy atom. The second kappa shape index (κ2) is 5.59. The van der Waals surface area contributed by atoms with Gasteiger partial charge in [0.1, 0.15) is 11.4 Å². The molecule has 0 aliphatic carbocycles. The molecule has 1 atom stereocenters. The average molecular weight is 315 g/mol. The highest BCUT2D eigenvalue weighted by Crippen LogP contribution is 2.43. The average Bonchev–Trinajstić information content (AvgIpc) is 2.93. The summed E-state index contributed by atoms with van der Waals surface area (Å²) < 4.78 is -0.349. The van der Waals surface area contributed by atoms with E-state index in [1.807, 2.05) is 30.3 Å². The van der Waals surface area contributed by atoms with Gasteiger partial charge in [-0.1, -0.05) is 48.5 Å². The van der Waals surface area contributed by atoms with Crippen LogP contribution in [-0.4, -0.2) is 6.54 Å². The Morgan fingerprint density at radius 2 is 1.50 bits per heavy atom. The number of fused-ring (bicyclic) bond motifs is 1. The van der Waals surface area contributed by atoms with E-state index in [1.54, 1.807) is 0 Å². The van der Waals surface area contributed by atoms with Crippen molar-refractivity contribution in [1.82, 2.24) is 4.65 Å². The fraction of sp³-hybridized carbons (Fsp3) is 0.182. The number of hydrogen-bond donors (Lipinski definition) is 0. The molecule has 2 nitrogen and oxygen atoms in total. The van der Waals surface area contributed by atoms with Gasteiger partial charge in [0.2, 0.25) is 0 Å². The lowest BCUT2D eigenvalue weighted by Crippen LogP contribution is -2.35. The monoisotopic (exact) mass is 315 g/mol. The zero-order chi connectivity index (χ0) is 16.7. The Balaban J connectivity index is 1.85. The molecule has 3 aromatic rings. The number of aryl methyl sites for hydroxylation is 2. The van der Waals surface area contributed by atoms with Crippen LogP contribution in [-0.2, 0) is 6.42 Å². The third-order valence-corrected chi connectivity index (χ3v) is 4.90. The molecule has 1 heterocycles. The van der Waals surface area contributed by atoms with E-state index < -0.39 is 0 Å². The molecule has 24 heavy (non-hydrogen) atoms. The maximum Gasteiger partial charge on any atom is 0.142 e. The largest absolute Gasteiger partial charge is 0.622 e. The molecule has 0 N–H and O–H groups in total. The second-order valence-corrected chi connectivity index (χ2v) is 6.77. The molecule has 0 saturated carbocycles. The van der Waals surface area contributed by atoms with Crippen molar-refractivity contribution in [2.24, 2.45) is 0 Å². The third kappa shape index (κ3) is 2.44. The highest BCUT2D eigenvalue weighted by atomic mass is 16.5. The summed E-state index contributed by atoms with van der Waals surface area (Å²) >= 11 is 0. The molecule has 0 spiro atoms. The van der Waals surface area contributed by atoms with E-state index in [1.165, 1.54) is 5.56 Å². The standard InChI is InChI=1S/C22H21NO/c1-16-12-17(2)14-21(13-16)23(24)11-10-19-8-9-20(15-22(19)23)18-6-4-3-5-7-18/h3-9,12-15H,10-11H2,1-2H3. The smallest absolute Gasteiger partial charge is 0.142 e. The third-order valence-electron chi connectivity index (χ3n) is 4.90. The van der Waals surface area contributed by atoms with Gasteiger partial charge in [0, 0.05) is 30.2 Å². The first kappa shape index (κ1) is 15.1. The topological polar surface area (TPSA) is 23.1 Å². The van der Waals surface area contributed by atoms with Gasteiger partial charge in [-0.05, 0) is 36.1 Å². The first-order valence-electron chi connectivity index (χ1n) is 8.43. The molecule has 0 saturated heterocycles. The van der Waals surface area contributed by atoms with Gasteiger partial charge in [0.15, 0.2) is 0 Å². The summed E-state index contributed by atoms with van der Waals surface area (Å²) in [6.45, 7) is 4.69. The van der Waals surface area contributed by atoms with Crippen LogP contribution in [0.3, 0.4) is 0 Å². The fourth-order valence-corrected chi connectivity index (χ4v) is 3.75. The Bertz CT molecular complexity index is 881. The number of hydrogen-bond acceptors (Lipinski definition) is 1. The van der Waals surface area contributed by atoms with Gasteiger partial charge in [0.25, 0.3) is 0 Å². The highest BCUT2D eigenvalue weighted by molar-refractivity contribution is 5.75. The van der Waals surface area contributed by atoms with Crippen molar-refractivity contribution in [3.63, 3.8) is 0 Å². The lowest BCUT2D eigenvalue weighted by atomic mass is 10.0. The number of benzene rings is 3. The van der Waals surface area contributed by atoms with Gasteiger partial charge in [-0.25, -0.2) is 0 Å². The molecule has 1 aliphatic rings. The van der Waals surface area contributed by atoms with Crippen LogP contribution >= 0.6 is 0 Å². The van der Waals surface area contributed by atoms with E-state index in [4.69, 9.17) is 0 Å². The molecule has 1 aliphatic heterocycles. The lowest BCUT2D eigenvalue weighted by Gasteiger charge is -2.38. The van der Waals surface area contributed by atoms with Gasteiger partial charge < -0.3 is 5.21 Å². The molecule has 3 aromatic carbocycles. The van der Waals surface area contributed by atoms with E-state index in [2.05, 4.69) is 50.2 Å². The Kier molecular flexibility index (Phi) is 3.52. The first-order valence-corrected chi connectivity index (χ1v) is 8.43. The van der Waals surface area contributed by atoms with Crippen LogP contribution in [0.15, 0.2) is 66.7 Å². The summed E-state index contributed by atoms with van der Waals surface area (Å²) in [5, 5.41) is 13.8. The molecule has 1 unspecified atom stereocenters. The van der Waals surface area contributed by atoms with Gasteiger partial charge in [-0.2, -0.15) is 0 Å². The Hall–Kier alpha value is -2.42. The summed E-state index contributed by atoms with van der Waals surface area (Å²) in [6, 6.07) is 22.8. The molecule has 0 amide bonds. The van der Waals surface area contributed by atoms with Gasteiger partial charge >= 0.3 is 0 Å². The SMILES string of the molecule is Cc1cc(C)cc([N+]2([O-])CCc3ccc(-c4ccccc4)cc32)c1. The predicted octanol–water partition coefficient (Wildman–Crippen LogP) is 5.66. The summed E-state index contributed by atoms with van der Waals surface area (Å²) in [4.78, 5) is 0. The zero-order valence-corrected chi connectivity index (χ0v) is 14.1. The first-order chi connectivity index (χ1) is 11.6. The normalized spacial score (nSPS) is 19.3. The van der Waals surface area contributed by atoms with Crippen LogP contribution in [0, 0.1) is 19.1 Å². The number of rotatable bonds is 2. The minimum absolute atomic E-state index is 0.349. The van der Waals surface area contributed by atoms with Crippen molar-refractivity contribution in [2.45, 2.75) is 20.3 Å². The van der Waals surface area contributed by atoms with Crippen LogP contribution in [0.25, 0.3) is 11.1 Å². The van der Waals surface area contributed by atoms with Crippen molar-refractivity contribution < 1.29 is 0 Å². The van der Waals surface area contributed by atoms with E-state index in [0.717, 1.165) is 40.0 Å². The van der Waals surface area contributed by atoms with Gasteiger partial charge in [0.05, 0.1) is 6.54 Å². The predicted molar refractivity (Wildman–Crippen MR) is 101 cm³/mol. The van der Waals surface area contributed by atoms with Crippen LogP contribution < -0.4 is 4.65 Å². The fourth-order valence-electron chi connectivity index (χ4n) is 3.75. The van der Waals surface area contributed by atoms with Crippen molar-refractivity contribution in [3.8, 4) is 11.1 Å². The molecule has 0 bridgehead atoms. The van der Waals surface area contributed by atoms with E-state index >= 15 is 0 Å². The van der Waals surface area contributed by atoms with Crippen LogP contribution in [0.2, 0.25) is 0 Å². The minimum Gasteiger partial charge on any atom is -0.622 e. The lowest BCUT2D eigenvalue weighted by molar-refractivity contribution is 0.546. The molecule has 120 valence electrons. The zero-order valence-electron chi connectivity index (χ0n) is 14.1. The van der Waals surface area contributed by atoms with E-state index in [9.17, 15) is 5.21 Å². The van der Waals surface area contributed by atoms with Gasteiger partial charge in [-0.15, -0.1) is 0 Å². The summed E-state index contributed by atoms with van der Waals surface area (Å²) in [5.74, 6) is 0. The summed E-state index contributed by atoms with van der Waals surface area (Å²) in [7, 11) is 0. The van der Waals surface area contributed by atoms with Crippen LogP contribution in [0.5, 0.6) is 0 Å². The molecular formula is C22H21NO. The quantitative estimate of drug-likeness (QED) is 0.442. The van der Waals surface area contributed by atoms with Crippen molar-refractivity contribution in [1.29, 1.82) is 0 Å². The molecule has 0 aromatic heterocycles. The maximum absolute atomic E-state index is 13.8.